The smallest absolute Gasteiger partial charge is 0.251 e. The largest absolute Gasteiger partial charge is 0.370 e. The lowest BCUT2D eigenvalue weighted by Crippen LogP contribution is -2.43. The molecule has 2 aromatic carbocycles. The molecule has 0 aliphatic carbocycles. The molecule has 3 heterocycles. The summed E-state index contributed by atoms with van der Waals surface area (Å²) in [7, 11) is 0. The topological polar surface area (TPSA) is 82.2 Å². The highest BCUT2D eigenvalue weighted by Crippen LogP contribution is 2.33. The molecular formula is C26H30N6O. The van der Waals surface area contributed by atoms with E-state index < -0.39 is 0 Å². The Bertz CT molecular complexity index is 1170. The highest BCUT2D eigenvalue weighted by molar-refractivity contribution is 5.98. The lowest BCUT2D eigenvalue weighted by atomic mass is 9.78. The molecule has 170 valence electrons. The zero-order valence-electron chi connectivity index (χ0n) is 19.2. The molecule has 0 radical (unpaired) electrons. The molecule has 1 fully saturated rings. The first-order chi connectivity index (χ1) is 16.0. The van der Waals surface area contributed by atoms with Crippen LogP contribution >= 0.6 is 0 Å². The van der Waals surface area contributed by atoms with E-state index in [0.717, 1.165) is 60.7 Å². The van der Waals surface area contributed by atoms with Gasteiger partial charge in [0.05, 0.1) is 5.69 Å². The number of nitrogens with zero attached hydrogens (tertiary/aromatic N) is 3. The summed E-state index contributed by atoms with van der Waals surface area (Å²) in [6, 6.07) is 16.3. The van der Waals surface area contributed by atoms with E-state index in [1.807, 2.05) is 24.3 Å². The molecule has 2 aliphatic rings. The van der Waals surface area contributed by atoms with Crippen LogP contribution in [0.2, 0.25) is 0 Å². The van der Waals surface area contributed by atoms with Gasteiger partial charge in [-0.3, -0.25) is 4.79 Å². The van der Waals surface area contributed by atoms with Gasteiger partial charge in [0.2, 0.25) is 5.95 Å². The molecule has 33 heavy (non-hydrogen) atoms. The van der Waals surface area contributed by atoms with Crippen LogP contribution in [0.3, 0.4) is 0 Å². The van der Waals surface area contributed by atoms with Crippen molar-refractivity contribution in [2.24, 2.45) is 0 Å². The van der Waals surface area contributed by atoms with Crippen molar-refractivity contribution in [3.8, 4) is 11.3 Å². The summed E-state index contributed by atoms with van der Waals surface area (Å²) in [4.78, 5) is 23.9. The monoisotopic (exact) mass is 442 g/mol. The van der Waals surface area contributed by atoms with Gasteiger partial charge in [0, 0.05) is 60.3 Å². The van der Waals surface area contributed by atoms with E-state index in [-0.39, 0.29) is 11.3 Å². The van der Waals surface area contributed by atoms with Crippen LogP contribution in [0.4, 0.5) is 17.3 Å². The molecule has 7 nitrogen and oxygen atoms in total. The first-order valence-corrected chi connectivity index (χ1v) is 11.6. The van der Waals surface area contributed by atoms with Crippen molar-refractivity contribution >= 4 is 23.2 Å². The minimum absolute atomic E-state index is 0.0130. The van der Waals surface area contributed by atoms with E-state index in [2.05, 4.69) is 63.9 Å². The second kappa shape index (κ2) is 8.83. The Morgan fingerprint density at radius 3 is 2.88 bits per heavy atom. The van der Waals surface area contributed by atoms with Crippen molar-refractivity contribution in [3.63, 3.8) is 0 Å². The van der Waals surface area contributed by atoms with E-state index in [1.54, 1.807) is 6.20 Å². The van der Waals surface area contributed by atoms with E-state index in [1.165, 1.54) is 5.69 Å². The lowest BCUT2D eigenvalue weighted by molar-refractivity contribution is 0.0930. The van der Waals surface area contributed by atoms with Crippen molar-refractivity contribution in [1.82, 2.24) is 20.6 Å². The molecule has 1 aromatic heterocycles. The fourth-order valence-corrected chi connectivity index (χ4v) is 4.55. The van der Waals surface area contributed by atoms with Gasteiger partial charge in [-0.2, -0.15) is 0 Å². The number of carbonyl (C=O) groups is 1. The molecule has 0 bridgehead atoms. The summed E-state index contributed by atoms with van der Waals surface area (Å²) in [5, 5.41) is 9.79. The van der Waals surface area contributed by atoms with Crippen LogP contribution in [0.5, 0.6) is 0 Å². The number of amides is 1. The molecule has 3 aromatic rings. The lowest BCUT2D eigenvalue weighted by Gasteiger charge is -2.32. The molecule has 0 saturated carbocycles. The Labute approximate surface area is 194 Å². The van der Waals surface area contributed by atoms with Gasteiger partial charge in [-0.15, -0.1) is 0 Å². The van der Waals surface area contributed by atoms with Gasteiger partial charge in [0.1, 0.15) is 0 Å². The van der Waals surface area contributed by atoms with Crippen LogP contribution in [0.1, 0.15) is 36.2 Å². The Balaban J connectivity index is 1.40. The van der Waals surface area contributed by atoms with Gasteiger partial charge < -0.3 is 20.9 Å². The number of fused-ring (bicyclic) bond motifs is 1. The second-order valence-electron chi connectivity index (χ2n) is 9.36. The number of nitrogens with one attached hydrogen (secondary N) is 3. The SMILES string of the molecule is CC1(C)CNC(=O)c2ccc(-c3ccnc(Nc4cccc(N5CCCNCC5)c4)n3)cc21. The number of benzene rings is 2. The molecule has 5 rings (SSSR count). The molecule has 0 atom stereocenters. The van der Waals surface area contributed by atoms with E-state index in [0.29, 0.717) is 12.5 Å². The predicted octanol–water partition coefficient (Wildman–Crippen LogP) is 3.71. The average Bonchev–Trinajstić information content (AvgIpc) is 3.12. The highest BCUT2D eigenvalue weighted by atomic mass is 16.1. The summed E-state index contributed by atoms with van der Waals surface area (Å²) in [6.45, 7) is 9.05. The Kier molecular flexibility index (Phi) is 5.72. The quantitative estimate of drug-likeness (QED) is 0.572. The third-order valence-electron chi connectivity index (χ3n) is 6.44. The second-order valence-corrected chi connectivity index (χ2v) is 9.36. The zero-order chi connectivity index (χ0) is 22.8. The average molecular weight is 443 g/mol. The van der Waals surface area contributed by atoms with E-state index in [9.17, 15) is 4.79 Å². The molecular weight excluding hydrogens is 412 g/mol. The van der Waals surface area contributed by atoms with Crippen LogP contribution in [0.15, 0.2) is 54.7 Å². The molecule has 0 spiro atoms. The maximum absolute atomic E-state index is 12.3. The third kappa shape index (κ3) is 4.54. The fraction of sp³-hybridized carbons (Fsp3) is 0.346. The highest BCUT2D eigenvalue weighted by Gasteiger charge is 2.31. The van der Waals surface area contributed by atoms with Crippen LogP contribution in [-0.2, 0) is 5.41 Å². The van der Waals surface area contributed by atoms with Gasteiger partial charge >= 0.3 is 0 Å². The van der Waals surface area contributed by atoms with Crippen LogP contribution < -0.4 is 20.9 Å². The van der Waals surface area contributed by atoms with Crippen LogP contribution in [0, 0.1) is 0 Å². The Hall–Kier alpha value is -3.45. The standard InChI is InChI=1S/C26H30N6O/c1-26(2)17-29-24(33)21-8-7-18(15-22(21)26)23-9-11-28-25(31-23)30-19-5-3-6-20(16-19)32-13-4-10-27-12-14-32/h3,5-9,11,15-16,27H,4,10,12-14,17H2,1-2H3,(H,29,33)(H,28,30,31). The normalized spacial score (nSPS) is 17.6. The maximum Gasteiger partial charge on any atom is 0.251 e. The molecule has 0 unspecified atom stereocenters. The Morgan fingerprint density at radius 2 is 1.97 bits per heavy atom. The number of hydrogen-bond acceptors (Lipinski definition) is 6. The number of rotatable bonds is 4. The fourth-order valence-electron chi connectivity index (χ4n) is 4.55. The maximum atomic E-state index is 12.3. The van der Waals surface area contributed by atoms with Gasteiger partial charge in [0.15, 0.2) is 0 Å². The molecule has 1 saturated heterocycles. The zero-order valence-corrected chi connectivity index (χ0v) is 19.2. The minimum Gasteiger partial charge on any atom is -0.370 e. The van der Waals surface area contributed by atoms with Gasteiger partial charge in [-0.05, 0) is 54.9 Å². The summed E-state index contributed by atoms with van der Waals surface area (Å²) in [5.74, 6) is 0.540. The van der Waals surface area contributed by atoms with Gasteiger partial charge in [0.25, 0.3) is 5.91 Å². The van der Waals surface area contributed by atoms with Crippen molar-refractivity contribution in [2.75, 3.05) is 42.9 Å². The summed E-state index contributed by atoms with van der Waals surface area (Å²) in [6.07, 6.45) is 2.91. The minimum atomic E-state index is -0.128. The van der Waals surface area contributed by atoms with E-state index >= 15 is 0 Å². The van der Waals surface area contributed by atoms with Gasteiger partial charge in [-0.1, -0.05) is 26.0 Å². The number of anilines is 3. The molecule has 7 heteroatoms. The first kappa shape index (κ1) is 21.4. The van der Waals surface area contributed by atoms with Crippen molar-refractivity contribution in [1.29, 1.82) is 0 Å². The van der Waals surface area contributed by atoms with Crippen molar-refractivity contribution in [3.05, 3.63) is 65.9 Å². The van der Waals surface area contributed by atoms with Crippen molar-refractivity contribution < 1.29 is 4.79 Å². The van der Waals surface area contributed by atoms with Crippen LogP contribution in [0.25, 0.3) is 11.3 Å². The summed E-state index contributed by atoms with van der Waals surface area (Å²) < 4.78 is 0. The third-order valence-corrected chi connectivity index (χ3v) is 6.44. The van der Waals surface area contributed by atoms with Crippen LogP contribution in [-0.4, -0.2) is 48.6 Å². The first-order valence-electron chi connectivity index (χ1n) is 11.6. The van der Waals surface area contributed by atoms with Gasteiger partial charge in [-0.25, -0.2) is 9.97 Å². The van der Waals surface area contributed by atoms with E-state index in [4.69, 9.17) is 4.98 Å². The predicted molar refractivity (Wildman–Crippen MR) is 132 cm³/mol. The summed E-state index contributed by atoms with van der Waals surface area (Å²) in [5.41, 5.74) is 5.63. The number of carbonyl (C=O) groups excluding carboxylic acids is 1. The number of hydrogen-bond donors (Lipinski definition) is 3. The molecule has 2 aliphatic heterocycles. The molecule has 1 amide bonds. The Morgan fingerprint density at radius 1 is 1.06 bits per heavy atom. The van der Waals surface area contributed by atoms with Crippen molar-refractivity contribution in [2.45, 2.75) is 25.7 Å². The number of aromatic nitrogens is 2. The summed E-state index contributed by atoms with van der Waals surface area (Å²) >= 11 is 0. The molecule has 3 N–H and O–H groups in total.